The van der Waals surface area contributed by atoms with E-state index in [1.54, 1.807) is 0 Å². The number of benzene rings is 3. The number of hydrogen-bond donors (Lipinski definition) is 0. The molecule has 1 heterocycles. The lowest BCUT2D eigenvalue weighted by atomic mass is 10.1. The van der Waals surface area contributed by atoms with Crippen molar-refractivity contribution >= 4 is 17.3 Å². The molecule has 0 radical (unpaired) electrons. The lowest BCUT2D eigenvalue weighted by Crippen LogP contribution is -2.35. The summed E-state index contributed by atoms with van der Waals surface area (Å²) in [6, 6.07) is 23.9. The van der Waals surface area contributed by atoms with Crippen LogP contribution in [0.3, 0.4) is 0 Å². The third-order valence-electron chi connectivity index (χ3n) is 5.67. The van der Waals surface area contributed by atoms with Crippen molar-refractivity contribution in [1.29, 1.82) is 0 Å². The van der Waals surface area contributed by atoms with Crippen LogP contribution < -0.4 is 4.74 Å². The van der Waals surface area contributed by atoms with Gasteiger partial charge in [0.1, 0.15) is 5.75 Å². The Labute approximate surface area is 190 Å². The van der Waals surface area contributed by atoms with Gasteiger partial charge in [-0.3, -0.25) is 9.79 Å². The summed E-state index contributed by atoms with van der Waals surface area (Å²) < 4.78 is 5.86. The molecule has 1 aliphatic heterocycles. The van der Waals surface area contributed by atoms with Crippen molar-refractivity contribution in [1.82, 2.24) is 4.90 Å². The molecule has 164 valence electrons. The Hall–Kier alpha value is -3.40. The predicted octanol–water partition coefficient (Wildman–Crippen LogP) is 6.15. The number of aryl methyl sites for hydroxylation is 1. The highest BCUT2D eigenvalue weighted by Crippen LogP contribution is 2.31. The average molecular weight is 427 g/mol. The minimum absolute atomic E-state index is 0.0217. The molecule has 0 aliphatic carbocycles. The zero-order valence-corrected chi connectivity index (χ0v) is 18.9. The van der Waals surface area contributed by atoms with Crippen molar-refractivity contribution < 1.29 is 9.53 Å². The van der Waals surface area contributed by atoms with Gasteiger partial charge in [0.25, 0.3) is 5.91 Å². The van der Waals surface area contributed by atoms with Gasteiger partial charge in [-0.2, -0.15) is 0 Å². The largest absolute Gasteiger partial charge is 0.494 e. The number of hydrogen-bond acceptors (Lipinski definition) is 3. The Kier molecular flexibility index (Phi) is 7.00. The molecule has 0 saturated carbocycles. The average Bonchev–Trinajstić information content (AvgIpc) is 3.22. The maximum Gasteiger partial charge on any atom is 0.254 e. The molecule has 4 heteroatoms. The summed E-state index contributed by atoms with van der Waals surface area (Å²) in [7, 11) is 0. The third kappa shape index (κ3) is 5.44. The van der Waals surface area contributed by atoms with Gasteiger partial charge in [-0.05, 0) is 54.8 Å². The van der Waals surface area contributed by atoms with Gasteiger partial charge in [-0.1, -0.05) is 61.4 Å². The smallest absolute Gasteiger partial charge is 0.254 e. The highest BCUT2D eigenvalue weighted by Gasteiger charge is 2.22. The summed E-state index contributed by atoms with van der Waals surface area (Å²) in [5, 5.41) is 0. The van der Waals surface area contributed by atoms with Crippen molar-refractivity contribution in [3.63, 3.8) is 0 Å². The first kappa shape index (κ1) is 21.8. The van der Waals surface area contributed by atoms with Gasteiger partial charge in [0.15, 0.2) is 0 Å². The molecule has 3 aromatic rings. The summed E-state index contributed by atoms with van der Waals surface area (Å²) in [6.45, 7) is 6.02. The molecule has 0 fully saturated rings. The van der Waals surface area contributed by atoms with Crippen molar-refractivity contribution in [2.24, 2.45) is 4.99 Å². The van der Waals surface area contributed by atoms with Crippen molar-refractivity contribution in [3.8, 4) is 5.75 Å². The van der Waals surface area contributed by atoms with Crippen LogP contribution in [0.1, 0.15) is 46.8 Å². The molecule has 0 atom stereocenters. The highest BCUT2D eigenvalue weighted by atomic mass is 16.5. The van der Waals surface area contributed by atoms with Gasteiger partial charge >= 0.3 is 0 Å². The molecule has 0 bridgehead atoms. The number of carbonyl (C=O) groups excluding carboxylic acids is 1. The number of nitrogens with zero attached hydrogens (tertiary/aromatic N) is 2. The van der Waals surface area contributed by atoms with Gasteiger partial charge in [-0.25, -0.2) is 0 Å². The number of ether oxygens (including phenoxy) is 1. The van der Waals surface area contributed by atoms with E-state index in [-0.39, 0.29) is 5.91 Å². The standard InChI is InChI=1S/C28H30N2O2/c1-3-4-16-32-26-14-15-27-24(18-26)17-25(29-27)20-30(19-22-12-10-21(2)11-13-22)28(31)23-8-6-5-7-9-23/h5-15,18H,3-4,16-17,19-20H2,1-2H3. The number of carbonyl (C=O) groups is 1. The van der Waals surface area contributed by atoms with E-state index in [0.717, 1.165) is 54.1 Å². The van der Waals surface area contributed by atoms with E-state index in [9.17, 15) is 4.79 Å². The normalized spacial score (nSPS) is 12.2. The summed E-state index contributed by atoms with van der Waals surface area (Å²) >= 11 is 0. The number of aliphatic imine (C=N–C) groups is 1. The second-order valence-electron chi connectivity index (χ2n) is 8.36. The molecule has 0 saturated heterocycles. The van der Waals surface area contributed by atoms with Crippen LogP contribution in [0.5, 0.6) is 5.75 Å². The van der Waals surface area contributed by atoms with Crippen molar-refractivity contribution in [2.75, 3.05) is 13.2 Å². The molecular weight excluding hydrogens is 396 g/mol. The van der Waals surface area contributed by atoms with Crippen LogP contribution in [0.4, 0.5) is 5.69 Å². The van der Waals surface area contributed by atoms with Gasteiger partial charge in [-0.15, -0.1) is 0 Å². The maximum absolute atomic E-state index is 13.3. The van der Waals surface area contributed by atoms with Crippen LogP contribution in [0, 0.1) is 6.92 Å². The Balaban J connectivity index is 1.50. The van der Waals surface area contributed by atoms with Gasteiger partial charge < -0.3 is 9.64 Å². The third-order valence-corrected chi connectivity index (χ3v) is 5.67. The molecule has 4 nitrogen and oxygen atoms in total. The highest BCUT2D eigenvalue weighted by molar-refractivity contribution is 6.00. The summed E-state index contributed by atoms with van der Waals surface area (Å²) in [4.78, 5) is 20.0. The first-order chi connectivity index (χ1) is 15.6. The maximum atomic E-state index is 13.3. The first-order valence-electron chi connectivity index (χ1n) is 11.3. The van der Waals surface area contributed by atoms with E-state index in [0.29, 0.717) is 18.7 Å². The Bertz CT molecular complexity index is 1090. The lowest BCUT2D eigenvalue weighted by molar-refractivity contribution is 0.0768. The molecule has 4 rings (SSSR count). The number of fused-ring (bicyclic) bond motifs is 1. The molecular formula is C28H30N2O2. The molecule has 32 heavy (non-hydrogen) atoms. The number of amides is 1. The zero-order chi connectivity index (χ0) is 22.3. The van der Waals surface area contributed by atoms with Gasteiger partial charge in [0.05, 0.1) is 18.8 Å². The number of unbranched alkanes of at least 4 members (excludes halogenated alkanes) is 1. The SMILES string of the molecule is CCCCOc1ccc2c(c1)CC(CN(Cc1ccc(C)cc1)C(=O)c1ccccc1)=N2. The van der Waals surface area contributed by atoms with Crippen LogP contribution in [0.2, 0.25) is 0 Å². The quantitative estimate of drug-likeness (QED) is 0.385. The second kappa shape index (κ2) is 10.3. The second-order valence-corrected chi connectivity index (χ2v) is 8.36. The molecule has 3 aromatic carbocycles. The lowest BCUT2D eigenvalue weighted by Gasteiger charge is -2.23. The minimum atomic E-state index is 0.0217. The van der Waals surface area contributed by atoms with Crippen LogP contribution in [0.15, 0.2) is 77.8 Å². The molecule has 1 amide bonds. The van der Waals surface area contributed by atoms with Gasteiger partial charge in [0, 0.05) is 24.2 Å². The summed E-state index contributed by atoms with van der Waals surface area (Å²) in [6.07, 6.45) is 2.91. The Morgan fingerprint density at radius 2 is 1.78 bits per heavy atom. The van der Waals surface area contributed by atoms with E-state index in [1.807, 2.05) is 47.4 Å². The predicted molar refractivity (Wildman–Crippen MR) is 130 cm³/mol. The van der Waals surface area contributed by atoms with Crippen molar-refractivity contribution in [2.45, 2.75) is 39.7 Å². The van der Waals surface area contributed by atoms with E-state index < -0.39 is 0 Å². The monoisotopic (exact) mass is 426 g/mol. The van der Waals surface area contributed by atoms with E-state index in [4.69, 9.17) is 9.73 Å². The first-order valence-corrected chi connectivity index (χ1v) is 11.3. The molecule has 0 aromatic heterocycles. The van der Waals surface area contributed by atoms with Crippen molar-refractivity contribution in [3.05, 3.63) is 95.1 Å². The van der Waals surface area contributed by atoms with Gasteiger partial charge in [0.2, 0.25) is 0 Å². The summed E-state index contributed by atoms with van der Waals surface area (Å²) in [5.41, 5.74) is 6.16. The van der Waals surface area contributed by atoms with Crippen LogP contribution in [0.25, 0.3) is 0 Å². The Morgan fingerprint density at radius 1 is 1.00 bits per heavy atom. The fourth-order valence-electron chi connectivity index (χ4n) is 3.85. The fourth-order valence-corrected chi connectivity index (χ4v) is 3.85. The minimum Gasteiger partial charge on any atom is -0.494 e. The zero-order valence-electron chi connectivity index (χ0n) is 18.9. The molecule has 0 unspecified atom stereocenters. The molecule has 0 spiro atoms. The number of rotatable bonds is 9. The summed E-state index contributed by atoms with van der Waals surface area (Å²) in [5.74, 6) is 0.916. The topological polar surface area (TPSA) is 41.9 Å². The van der Waals surface area contributed by atoms with Crippen LogP contribution >= 0.6 is 0 Å². The van der Waals surface area contributed by atoms with Crippen LogP contribution in [-0.4, -0.2) is 29.7 Å². The van der Waals surface area contributed by atoms with Crippen LogP contribution in [-0.2, 0) is 13.0 Å². The van der Waals surface area contributed by atoms with E-state index >= 15 is 0 Å². The Morgan fingerprint density at radius 3 is 2.53 bits per heavy atom. The molecule has 0 N–H and O–H groups in total. The molecule has 1 aliphatic rings. The van der Waals surface area contributed by atoms with E-state index in [1.165, 1.54) is 5.56 Å². The van der Waals surface area contributed by atoms with E-state index in [2.05, 4.69) is 44.2 Å². The fraction of sp³-hybridized carbons (Fsp3) is 0.286.